The summed E-state index contributed by atoms with van der Waals surface area (Å²) in [6, 6.07) is 4.25. The number of hydrogen-bond donors (Lipinski definition) is 1. The van der Waals surface area contributed by atoms with E-state index in [0.29, 0.717) is 12.5 Å². The molecule has 1 saturated heterocycles. The standard InChI is InChI=1S/C13H22N2O2/c1-10-3-4-13(17-10)12(7-14)15-6-5-11(8-15)9-16-2/h3-4,11-12H,5-9,14H2,1-2H3. The summed E-state index contributed by atoms with van der Waals surface area (Å²) in [4.78, 5) is 2.40. The molecule has 96 valence electrons. The summed E-state index contributed by atoms with van der Waals surface area (Å²) in [5, 5.41) is 0. The highest BCUT2D eigenvalue weighted by molar-refractivity contribution is 5.11. The number of nitrogens with zero attached hydrogens (tertiary/aromatic N) is 1. The Morgan fingerprint density at radius 3 is 3.00 bits per heavy atom. The summed E-state index contributed by atoms with van der Waals surface area (Å²) >= 11 is 0. The Morgan fingerprint density at radius 2 is 2.41 bits per heavy atom. The number of furan rings is 1. The minimum atomic E-state index is 0.213. The molecule has 1 aromatic rings. The van der Waals surface area contributed by atoms with Crippen molar-refractivity contribution in [2.75, 3.05) is 33.4 Å². The lowest BCUT2D eigenvalue weighted by molar-refractivity contribution is 0.144. The molecule has 2 N–H and O–H groups in total. The molecule has 4 nitrogen and oxygen atoms in total. The van der Waals surface area contributed by atoms with Crippen LogP contribution in [-0.2, 0) is 4.74 Å². The van der Waals surface area contributed by atoms with Crippen molar-refractivity contribution < 1.29 is 9.15 Å². The maximum Gasteiger partial charge on any atom is 0.122 e. The molecule has 0 saturated carbocycles. The molecule has 2 rings (SSSR count). The first-order chi connectivity index (χ1) is 8.24. The summed E-state index contributed by atoms with van der Waals surface area (Å²) in [6.45, 7) is 5.54. The van der Waals surface area contributed by atoms with Gasteiger partial charge in [0, 0.05) is 20.2 Å². The zero-order chi connectivity index (χ0) is 12.3. The Bertz CT molecular complexity index is 351. The molecular formula is C13H22N2O2. The smallest absolute Gasteiger partial charge is 0.122 e. The first-order valence-electron chi connectivity index (χ1n) is 6.24. The van der Waals surface area contributed by atoms with Crippen LogP contribution in [0, 0.1) is 12.8 Å². The van der Waals surface area contributed by atoms with Crippen molar-refractivity contribution in [1.29, 1.82) is 0 Å². The third kappa shape index (κ3) is 2.89. The maximum absolute atomic E-state index is 5.88. The average molecular weight is 238 g/mol. The summed E-state index contributed by atoms with van der Waals surface area (Å²) in [5.41, 5.74) is 5.88. The molecule has 0 radical (unpaired) electrons. The van der Waals surface area contributed by atoms with Gasteiger partial charge in [-0.25, -0.2) is 0 Å². The second-order valence-corrected chi connectivity index (χ2v) is 4.80. The fourth-order valence-electron chi connectivity index (χ4n) is 2.60. The van der Waals surface area contributed by atoms with Gasteiger partial charge in [0.1, 0.15) is 11.5 Å². The number of ether oxygens (including phenoxy) is 1. The van der Waals surface area contributed by atoms with E-state index in [9.17, 15) is 0 Å². The quantitative estimate of drug-likeness (QED) is 0.845. The lowest BCUT2D eigenvalue weighted by atomic mass is 10.1. The van der Waals surface area contributed by atoms with E-state index in [0.717, 1.165) is 31.2 Å². The second-order valence-electron chi connectivity index (χ2n) is 4.80. The van der Waals surface area contributed by atoms with Crippen LogP contribution in [0.25, 0.3) is 0 Å². The third-order valence-corrected chi connectivity index (χ3v) is 3.47. The van der Waals surface area contributed by atoms with E-state index in [-0.39, 0.29) is 6.04 Å². The summed E-state index contributed by atoms with van der Waals surface area (Å²) in [7, 11) is 1.76. The van der Waals surface area contributed by atoms with Gasteiger partial charge in [-0.05, 0) is 37.9 Å². The van der Waals surface area contributed by atoms with Crippen molar-refractivity contribution in [2.24, 2.45) is 11.7 Å². The molecule has 1 fully saturated rings. The van der Waals surface area contributed by atoms with Gasteiger partial charge in [0.05, 0.1) is 12.6 Å². The third-order valence-electron chi connectivity index (χ3n) is 3.47. The Balaban J connectivity index is 2.00. The van der Waals surface area contributed by atoms with Crippen LogP contribution >= 0.6 is 0 Å². The summed E-state index contributed by atoms with van der Waals surface area (Å²) < 4.78 is 10.9. The molecule has 0 bridgehead atoms. The fourth-order valence-corrected chi connectivity index (χ4v) is 2.60. The van der Waals surface area contributed by atoms with Crippen LogP contribution in [0.1, 0.15) is 24.0 Å². The van der Waals surface area contributed by atoms with E-state index in [2.05, 4.69) is 4.90 Å². The van der Waals surface area contributed by atoms with Gasteiger partial charge in [0.15, 0.2) is 0 Å². The first-order valence-corrected chi connectivity index (χ1v) is 6.24. The van der Waals surface area contributed by atoms with E-state index < -0.39 is 0 Å². The molecule has 2 atom stereocenters. The molecular weight excluding hydrogens is 216 g/mol. The van der Waals surface area contributed by atoms with Crippen LogP contribution in [-0.4, -0.2) is 38.3 Å². The minimum Gasteiger partial charge on any atom is -0.465 e. The number of rotatable bonds is 5. The van der Waals surface area contributed by atoms with Gasteiger partial charge in [-0.3, -0.25) is 4.90 Å². The lowest BCUT2D eigenvalue weighted by Gasteiger charge is -2.24. The monoisotopic (exact) mass is 238 g/mol. The lowest BCUT2D eigenvalue weighted by Crippen LogP contribution is -2.32. The minimum absolute atomic E-state index is 0.213. The van der Waals surface area contributed by atoms with Gasteiger partial charge in [-0.1, -0.05) is 0 Å². The average Bonchev–Trinajstić information content (AvgIpc) is 2.91. The van der Waals surface area contributed by atoms with Gasteiger partial charge < -0.3 is 14.9 Å². The second kappa shape index (κ2) is 5.67. The van der Waals surface area contributed by atoms with E-state index in [4.69, 9.17) is 14.9 Å². The highest BCUT2D eigenvalue weighted by atomic mass is 16.5. The Kier molecular flexibility index (Phi) is 4.20. The molecule has 17 heavy (non-hydrogen) atoms. The molecule has 1 aliphatic heterocycles. The normalized spacial score (nSPS) is 23.1. The van der Waals surface area contributed by atoms with Crippen molar-refractivity contribution in [2.45, 2.75) is 19.4 Å². The van der Waals surface area contributed by atoms with E-state index in [1.807, 2.05) is 19.1 Å². The SMILES string of the molecule is COCC1CCN(C(CN)c2ccc(C)o2)C1. The topological polar surface area (TPSA) is 51.6 Å². The number of likely N-dealkylation sites (tertiary alicyclic amines) is 1. The summed E-state index contributed by atoms with van der Waals surface area (Å²) in [6.07, 6.45) is 1.18. The number of nitrogens with two attached hydrogens (primary N) is 1. The first kappa shape index (κ1) is 12.6. The predicted octanol–water partition coefficient (Wildman–Crippen LogP) is 1.56. The van der Waals surface area contributed by atoms with Crippen LogP contribution in [0.3, 0.4) is 0 Å². The van der Waals surface area contributed by atoms with Crippen LogP contribution in [0.15, 0.2) is 16.5 Å². The van der Waals surface area contributed by atoms with Crippen molar-refractivity contribution in [3.63, 3.8) is 0 Å². The van der Waals surface area contributed by atoms with Gasteiger partial charge in [0.25, 0.3) is 0 Å². The maximum atomic E-state index is 5.88. The zero-order valence-electron chi connectivity index (χ0n) is 10.7. The highest BCUT2D eigenvalue weighted by Gasteiger charge is 2.29. The zero-order valence-corrected chi connectivity index (χ0v) is 10.7. The molecule has 2 unspecified atom stereocenters. The number of hydrogen-bond acceptors (Lipinski definition) is 4. The molecule has 0 spiro atoms. The number of methoxy groups -OCH3 is 1. The van der Waals surface area contributed by atoms with Crippen molar-refractivity contribution in [3.8, 4) is 0 Å². The van der Waals surface area contributed by atoms with Crippen LogP contribution in [0.2, 0.25) is 0 Å². The van der Waals surface area contributed by atoms with Crippen LogP contribution in [0.5, 0.6) is 0 Å². The molecule has 1 aliphatic rings. The van der Waals surface area contributed by atoms with Gasteiger partial charge in [-0.15, -0.1) is 0 Å². The van der Waals surface area contributed by atoms with Crippen molar-refractivity contribution in [1.82, 2.24) is 4.90 Å². The molecule has 1 aromatic heterocycles. The Morgan fingerprint density at radius 1 is 1.59 bits per heavy atom. The summed E-state index contributed by atoms with van der Waals surface area (Å²) in [5.74, 6) is 2.57. The van der Waals surface area contributed by atoms with Gasteiger partial charge >= 0.3 is 0 Å². The Labute approximate surface area is 103 Å². The predicted molar refractivity (Wildman–Crippen MR) is 66.8 cm³/mol. The van der Waals surface area contributed by atoms with E-state index >= 15 is 0 Å². The number of aryl methyl sites for hydroxylation is 1. The Hall–Kier alpha value is -0.840. The van der Waals surface area contributed by atoms with Crippen molar-refractivity contribution in [3.05, 3.63) is 23.7 Å². The molecule has 0 amide bonds. The van der Waals surface area contributed by atoms with E-state index in [1.165, 1.54) is 6.42 Å². The van der Waals surface area contributed by atoms with Gasteiger partial charge in [-0.2, -0.15) is 0 Å². The molecule has 0 aromatic carbocycles. The largest absolute Gasteiger partial charge is 0.465 e. The highest BCUT2D eigenvalue weighted by Crippen LogP contribution is 2.28. The van der Waals surface area contributed by atoms with Crippen LogP contribution < -0.4 is 5.73 Å². The van der Waals surface area contributed by atoms with Crippen molar-refractivity contribution >= 4 is 0 Å². The van der Waals surface area contributed by atoms with E-state index in [1.54, 1.807) is 7.11 Å². The van der Waals surface area contributed by atoms with Gasteiger partial charge in [0.2, 0.25) is 0 Å². The molecule has 2 heterocycles. The molecule has 4 heteroatoms. The van der Waals surface area contributed by atoms with Crippen LogP contribution in [0.4, 0.5) is 0 Å². The molecule has 0 aliphatic carbocycles. The fraction of sp³-hybridized carbons (Fsp3) is 0.692.